The first-order valence-electron chi connectivity index (χ1n) is 8.33. The molecule has 138 valence electrons. The van der Waals surface area contributed by atoms with Crippen molar-refractivity contribution in [3.63, 3.8) is 0 Å². The molecule has 0 aliphatic carbocycles. The summed E-state index contributed by atoms with van der Waals surface area (Å²) in [5.74, 6) is 1.51. The first kappa shape index (κ1) is 17.4. The van der Waals surface area contributed by atoms with E-state index in [-0.39, 0.29) is 5.56 Å². The van der Waals surface area contributed by atoms with E-state index in [1.54, 1.807) is 15.9 Å². The largest absolute Gasteiger partial charge is 0.334 e. The van der Waals surface area contributed by atoms with Gasteiger partial charge in [-0.15, -0.1) is 11.3 Å². The van der Waals surface area contributed by atoms with E-state index < -0.39 is 0 Å². The van der Waals surface area contributed by atoms with Gasteiger partial charge in [0.25, 0.3) is 11.4 Å². The Kier molecular flexibility index (Phi) is 4.55. The van der Waals surface area contributed by atoms with Gasteiger partial charge in [-0.2, -0.15) is 16.3 Å². The highest BCUT2D eigenvalue weighted by Crippen LogP contribution is 2.27. The van der Waals surface area contributed by atoms with Crippen LogP contribution in [0.5, 0.6) is 0 Å². The Hall–Kier alpha value is -2.75. The summed E-state index contributed by atoms with van der Waals surface area (Å²) in [6, 6.07) is 13.3. The van der Waals surface area contributed by atoms with Crippen molar-refractivity contribution in [2.45, 2.75) is 10.9 Å². The zero-order valence-electron chi connectivity index (χ0n) is 14.3. The van der Waals surface area contributed by atoms with Crippen molar-refractivity contribution in [2.24, 2.45) is 0 Å². The molecule has 0 bridgehead atoms. The maximum absolute atomic E-state index is 13.1. The van der Waals surface area contributed by atoms with Crippen LogP contribution < -0.4 is 5.56 Å². The monoisotopic (exact) mass is 424 g/mol. The molecule has 5 aromatic rings. The lowest BCUT2D eigenvalue weighted by atomic mass is 10.3. The zero-order chi connectivity index (χ0) is 18.9. The highest BCUT2D eigenvalue weighted by atomic mass is 32.2. The van der Waals surface area contributed by atoms with Crippen molar-refractivity contribution < 1.29 is 4.52 Å². The van der Waals surface area contributed by atoms with E-state index >= 15 is 0 Å². The molecule has 0 saturated heterocycles. The van der Waals surface area contributed by atoms with Crippen molar-refractivity contribution in [2.75, 3.05) is 0 Å². The second kappa shape index (κ2) is 7.34. The third kappa shape index (κ3) is 3.17. The summed E-state index contributed by atoms with van der Waals surface area (Å²) >= 11 is 4.39. The van der Waals surface area contributed by atoms with Crippen LogP contribution in [0.3, 0.4) is 0 Å². The molecule has 9 heteroatoms. The van der Waals surface area contributed by atoms with Gasteiger partial charge in [0, 0.05) is 5.38 Å². The Morgan fingerprint density at radius 2 is 1.96 bits per heavy atom. The molecule has 0 radical (unpaired) electrons. The minimum atomic E-state index is -0.0687. The van der Waals surface area contributed by atoms with Crippen molar-refractivity contribution in [3.8, 4) is 17.1 Å². The molecule has 0 spiro atoms. The maximum atomic E-state index is 13.1. The topological polar surface area (TPSA) is 73.8 Å². The fraction of sp³-hybridized carbons (Fsp3) is 0.0526. The van der Waals surface area contributed by atoms with Crippen LogP contribution in [0.2, 0.25) is 0 Å². The van der Waals surface area contributed by atoms with E-state index in [0.717, 1.165) is 11.3 Å². The predicted octanol–water partition coefficient (Wildman–Crippen LogP) is 4.85. The number of fused-ring (bicyclic) bond motifs is 1. The quantitative estimate of drug-likeness (QED) is 0.297. The Morgan fingerprint density at radius 1 is 1.07 bits per heavy atom. The van der Waals surface area contributed by atoms with Gasteiger partial charge in [-0.3, -0.25) is 9.36 Å². The van der Waals surface area contributed by atoms with E-state index in [4.69, 9.17) is 9.51 Å². The Labute approximate surface area is 171 Å². The SMILES string of the molecule is O=c1c2sccc2nc(SCc2noc(-c3ccsc3)n2)n1-c1ccccc1. The predicted molar refractivity (Wildman–Crippen MR) is 112 cm³/mol. The van der Waals surface area contributed by atoms with Crippen molar-refractivity contribution in [3.05, 3.63) is 74.8 Å². The molecule has 0 atom stereocenters. The van der Waals surface area contributed by atoms with E-state index in [9.17, 15) is 4.79 Å². The lowest BCUT2D eigenvalue weighted by Crippen LogP contribution is -2.20. The maximum Gasteiger partial charge on any atom is 0.276 e. The molecule has 0 fully saturated rings. The Morgan fingerprint density at radius 3 is 2.79 bits per heavy atom. The van der Waals surface area contributed by atoms with Crippen LogP contribution in [0.1, 0.15) is 5.82 Å². The minimum absolute atomic E-state index is 0.0687. The second-order valence-electron chi connectivity index (χ2n) is 5.82. The van der Waals surface area contributed by atoms with Gasteiger partial charge in [-0.1, -0.05) is 35.1 Å². The van der Waals surface area contributed by atoms with Gasteiger partial charge in [0.05, 0.1) is 22.5 Å². The smallest absolute Gasteiger partial charge is 0.276 e. The first-order valence-corrected chi connectivity index (χ1v) is 11.1. The average molecular weight is 425 g/mol. The summed E-state index contributed by atoms with van der Waals surface area (Å²) in [7, 11) is 0. The molecule has 0 amide bonds. The molecule has 4 heterocycles. The van der Waals surface area contributed by atoms with Gasteiger partial charge in [-0.05, 0) is 35.0 Å². The van der Waals surface area contributed by atoms with Gasteiger partial charge < -0.3 is 4.52 Å². The lowest BCUT2D eigenvalue weighted by Gasteiger charge is -2.11. The molecule has 0 N–H and O–H groups in total. The van der Waals surface area contributed by atoms with E-state index in [0.29, 0.717) is 32.8 Å². The second-order valence-corrected chi connectivity index (χ2v) is 8.46. The van der Waals surface area contributed by atoms with Crippen LogP contribution in [0.25, 0.3) is 27.4 Å². The summed E-state index contributed by atoms with van der Waals surface area (Å²) in [5, 5.41) is 10.5. The molecule has 1 aromatic carbocycles. The minimum Gasteiger partial charge on any atom is -0.334 e. The summed E-state index contributed by atoms with van der Waals surface area (Å²) in [6.45, 7) is 0. The van der Waals surface area contributed by atoms with E-state index in [2.05, 4.69) is 10.1 Å². The number of rotatable bonds is 5. The number of hydrogen-bond acceptors (Lipinski definition) is 8. The number of benzene rings is 1. The van der Waals surface area contributed by atoms with Crippen LogP contribution in [-0.2, 0) is 5.75 Å². The third-order valence-corrected chi connectivity index (χ3v) is 6.54. The van der Waals surface area contributed by atoms with Gasteiger partial charge in [0.2, 0.25) is 0 Å². The molecule has 28 heavy (non-hydrogen) atoms. The highest BCUT2D eigenvalue weighted by Gasteiger charge is 2.16. The molecular weight excluding hydrogens is 412 g/mol. The van der Waals surface area contributed by atoms with Gasteiger partial charge in [0.1, 0.15) is 4.70 Å². The number of aromatic nitrogens is 4. The molecule has 5 rings (SSSR count). The summed E-state index contributed by atoms with van der Waals surface area (Å²) in [6.07, 6.45) is 0. The molecule has 0 unspecified atom stereocenters. The standard InChI is InChI=1S/C19H12N4O2S3/c24-18-16-14(7-9-27-16)20-19(23(18)13-4-2-1-3-5-13)28-11-15-21-17(25-22-15)12-6-8-26-10-12/h1-10H,11H2. The van der Waals surface area contributed by atoms with Crippen LogP contribution >= 0.6 is 34.4 Å². The van der Waals surface area contributed by atoms with Gasteiger partial charge >= 0.3 is 0 Å². The number of thioether (sulfide) groups is 1. The van der Waals surface area contributed by atoms with Crippen molar-refractivity contribution in [1.82, 2.24) is 19.7 Å². The van der Waals surface area contributed by atoms with Crippen LogP contribution in [-0.4, -0.2) is 19.7 Å². The number of hydrogen-bond donors (Lipinski definition) is 0. The lowest BCUT2D eigenvalue weighted by molar-refractivity contribution is 0.425. The summed E-state index contributed by atoms with van der Waals surface area (Å²) in [4.78, 5) is 22.2. The normalized spacial score (nSPS) is 11.3. The molecule has 4 aromatic heterocycles. The molecular formula is C19H12N4O2S3. The zero-order valence-corrected chi connectivity index (χ0v) is 16.8. The summed E-state index contributed by atoms with van der Waals surface area (Å²) in [5.41, 5.74) is 2.33. The Balaban J connectivity index is 1.51. The fourth-order valence-electron chi connectivity index (χ4n) is 2.74. The Bertz CT molecular complexity index is 1290. The van der Waals surface area contributed by atoms with Crippen molar-refractivity contribution in [1.29, 1.82) is 0 Å². The van der Waals surface area contributed by atoms with Crippen molar-refractivity contribution >= 4 is 44.7 Å². The van der Waals surface area contributed by atoms with Gasteiger partial charge in [0.15, 0.2) is 11.0 Å². The fourth-order valence-corrected chi connectivity index (χ4v) is 4.98. The van der Waals surface area contributed by atoms with E-state index in [1.807, 2.05) is 58.6 Å². The molecule has 6 nitrogen and oxygen atoms in total. The van der Waals surface area contributed by atoms with E-state index in [1.165, 1.54) is 23.1 Å². The molecule has 0 saturated carbocycles. The average Bonchev–Trinajstić information content (AvgIpc) is 3.47. The van der Waals surface area contributed by atoms with Gasteiger partial charge in [-0.25, -0.2) is 4.98 Å². The number of nitrogens with zero attached hydrogens (tertiary/aromatic N) is 4. The van der Waals surface area contributed by atoms with Crippen LogP contribution in [0.15, 0.2) is 73.1 Å². The molecule has 0 aliphatic rings. The molecule has 0 aliphatic heterocycles. The number of thiophene rings is 2. The highest BCUT2D eigenvalue weighted by molar-refractivity contribution is 7.98. The first-order chi connectivity index (χ1) is 13.8. The van der Waals surface area contributed by atoms with Crippen LogP contribution in [0.4, 0.5) is 0 Å². The third-order valence-electron chi connectivity index (χ3n) is 4.03. The summed E-state index contributed by atoms with van der Waals surface area (Å²) < 4.78 is 7.63. The van der Waals surface area contributed by atoms with Crippen LogP contribution in [0, 0.1) is 0 Å². The number of para-hydroxylation sites is 1.